The lowest BCUT2D eigenvalue weighted by Crippen LogP contribution is -2.37. The van der Waals surface area contributed by atoms with E-state index in [-0.39, 0.29) is 6.04 Å². The first-order chi connectivity index (χ1) is 9.47. The molecule has 0 aliphatic carbocycles. The Morgan fingerprint density at radius 3 is 2.80 bits per heavy atom. The van der Waals surface area contributed by atoms with Crippen LogP contribution in [0.25, 0.3) is 0 Å². The molecule has 0 spiro atoms. The zero-order valence-corrected chi connectivity index (χ0v) is 13.5. The normalized spacial score (nSPS) is 20.7. The molecule has 0 saturated carbocycles. The second-order valence-corrected chi connectivity index (χ2v) is 6.63. The van der Waals surface area contributed by atoms with E-state index < -0.39 is 0 Å². The molecule has 1 aromatic rings. The van der Waals surface area contributed by atoms with E-state index in [0.29, 0.717) is 6.04 Å². The SMILES string of the molecule is CC(N)Cc1ccc(N2CCCC2CN(C)C)c(Cl)c1. The van der Waals surface area contributed by atoms with Crippen molar-refractivity contribution in [2.75, 3.05) is 32.1 Å². The van der Waals surface area contributed by atoms with Gasteiger partial charge < -0.3 is 15.5 Å². The fraction of sp³-hybridized carbons (Fsp3) is 0.625. The molecular formula is C16H26ClN3. The molecule has 1 aromatic carbocycles. The molecule has 0 aromatic heterocycles. The van der Waals surface area contributed by atoms with Crippen LogP contribution in [0.4, 0.5) is 5.69 Å². The van der Waals surface area contributed by atoms with Crippen LogP contribution in [0.5, 0.6) is 0 Å². The Kier molecular flexibility index (Phi) is 5.30. The lowest BCUT2D eigenvalue weighted by Gasteiger charge is -2.30. The van der Waals surface area contributed by atoms with E-state index in [1.807, 2.05) is 6.92 Å². The van der Waals surface area contributed by atoms with E-state index in [4.69, 9.17) is 17.3 Å². The van der Waals surface area contributed by atoms with Crippen molar-refractivity contribution in [1.82, 2.24) is 4.90 Å². The summed E-state index contributed by atoms with van der Waals surface area (Å²) in [4.78, 5) is 4.71. The molecule has 1 fully saturated rings. The molecular weight excluding hydrogens is 270 g/mol. The summed E-state index contributed by atoms with van der Waals surface area (Å²) in [6.07, 6.45) is 3.37. The first-order valence-electron chi connectivity index (χ1n) is 7.42. The van der Waals surface area contributed by atoms with Crippen molar-refractivity contribution in [2.45, 2.75) is 38.3 Å². The maximum atomic E-state index is 6.50. The highest BCUT2D eigenvalue weighted by atomic mass is 35.5. The van der Waals surface area contributed by atoms with Gasteiger partial charge >= 0.3 is 0 Å². The second-order valence-electron chi connectivity index (χ2n) is 6.22. The topological polar surface area (TPSA) is 32.5 Å². The van der Waals surface area contributed by atoms with Crippen LogP contribution >= 0.6 is 11.6 Å². The first kappa shape index (κ1) is 15.6. The van der Waals surface area contributed by atoms with Crippen molar-refractivity contribution in [3.8, 4) is 0 Å². The highest BCUT2D eigenvalue weighted by Crippen LogP contribution is 2.33. The smallest absolute Gasteiger partial charge is 0.0642 e. The minimum Gasteiger partial charge on any atom is -0.366 e. The third-order valence-corrected chi connectivity index (χ3v) is 4.13. The van der Waals surface area contributed by atoms with E-state index in [0.717, 1.165) is 24.5 Å². The van der Waals surface area contributed by atoms with Gasteiger partial charge in [0, 0.05) is 25.2 Å². The number of nitrogens with two attached hydrogens (primary N) is 1. The number of halogens is 1. The summed E-state index contributed by atoms with van der Waals surface area (Å²) in [5.74, 6) is 0. The van der Waals surface area contributed by atoms with Crippen LogP contribution in [0.2, 0.25) is 5.02 Å². The fourth-order valence-corrected chi connectivity index (χ4v) is 3.36. The molecule has 1 aliphatic heterocycles. The van der Waals surface area contributed by atoms with Gasteiger partial charge in [0.15, 0.2) is 0 Å². The van der Waals surface area contributed by atoms with Crippen molar-refractivity contribution < 1.29 is 0 Å². The molecule has 3 nitrogen and oxygen atoms in total. The minimum absolute atomic E-state index is 0.171. The molecule has 1 aliphatic rings. The molecule has 20 heavy (non-hydrogen) atoms. The molecule has 0 radical (unpaired) electrons. The Hall–Kier alpha value is -0.770. The number of hydrogen-bond donors (Lipinski definition) is 1. The van der Waals surface area contributed by atoms with E-state index in [1.54, 1.807) is 0 Å². The van der Waals surface area contributed by atoms with Crippen LogP contribution in [0.3, 0.4) is 0 Å². The Balaban J connectivity index is 2.15. The van der Waals surface area contributed by atoms with Crippen LogP contribution in [0, 0.1) is 0 Å². The maximum absolute atomic E-state index is 6.50. The number of benzene rings is 1. The average molecular weight is 296 g/mol. The number of rotatable bonds is 5. The van der Waals surface area contributed by atoms with Gasteiger partial charge in [0.1, 0.15) is 0 Å². The highest BCUT2D eigenvalue weighted by Gasteiger charge is 2.26. The molecule has 4 heteroatoms. The van der Waals surface area contributed by atoms with Crippen LogP contribution in [-0.2, 0) is 6.42 Å². The largest absolute Gasteiger partial charge is 0.366 e. The van der Waals surface area contributed by atoms with Gasteiger partial charge in [-0.1, -0.05) is 17.7 Å². The molecule has 0 bridgehead atoms. The van der Waals surface area contributed by atoms with Crippen molar-refractivity contribution in [3.63, 3.8) is 0 Å². The number of anilines is 1. The summed E-state index contributed by atoms with van der Waals surface area (Å²) < 4.78 is 0. The molecule has 2 N–H and O–H groups in total. The van der Waals surface area contributed by atoms with Crippen LogP contribution in [-0.4, -0.2) is 44.2 Å². The van der Waals surface area contributed by atoms with Crippen molar-refractivity contribution in [3.05, 3.63) is 28.8 Å². The second kappa shape index (κ2) is 6.79. The third kappa shape index (κ3) is 3.87. The van der Waals surface area contributed by atoms with Crippen molar-refractivity contribution in [2.24, 2.45) is 5.73 Å². The average Bonchev–Trinajstić information content (AvgIpc) is 2.75. The van der Waals surface area contributed by atoms with Gasteiger partial charge in [0.05, 0.1) is 10.7 Å². The lowest BCUT2D eigenvalue weighted by molar-refractivity contribution is 0.372. The summed E-state index contributed by atoms with van der Waals surface area (Å²) in [6.45, 7) is 4.21. The number of nitrogens with zero attached hydrogens (tertiary/aromatic N) is 2. The van der Waals surface area contributed by atoms with Crippen LogP contribution in [0.15, 0.2) is 18.2 Å². The number of likely N-dealkylation sites (N-methyl/N-ethyl adjacent to an activating group) is 1. The van der Waals surface area contributed by atoms with Gasteiger partial charge in [0.2, 0.25) is 0 Å². The summed E-state index contributed by atoms with van der Waals surface area (Å²) in [5, 5.41) is 0.855. The van der Waals surface area contributed by atoms with Gasteiger partial charge in [-0.05, 0) is 58.0 Å². The van der Waals surface area contributed by atoms with Crippen molar-refractivity contribution >= 4 is 17.3 Å². The Bertz CT molecular complexity index is 445. The third-order valence-electron chi connectivity index (χ3n) is 3.83. The highest BCUT2D eigenvalue weighted by molar-refractivity contribution is 6.33. The monoisotopic (exact) mass is 295 g/mol. The Labute approximate surface area is 127 Å². The van der Waals surface area contributed by atoms with Gasteiger partial charge in [-0.15, -0.1) is 0 Å². The molecule has 1 heterocycles. The number of hydrogen-bond acceptors (Lipinski definition) is 3. The predicted molar refractivity (Wildman–Crippen MR) is 87.7 cm³/mol. The minimum atomic E-state index is 0.171. The molecule has 112 valence electrons. The molecule has 2 atom stereocenters. The zero-order valence-electron chi connectivity index (χ0n) is 12.8. The van der Waals surface area contributed by atoms with Crippen LogP contribution in [0.1, 0.15) is 25.3 Å². The summed E-state index contributed by atoms with van der Waals surface area (Å²) in [7, 11) is 4.26. The van der Waals surface area contributed by atoms with Crippen LogP contribution < -0.4 is 10.6 Å². The van der Waals surface area contributed by atoms with E-state index >= 15 is 0 Å². The Morgan fingerprint density at radius 2 is 2.20 bits per heavy atom. The quantitative estimate of drug-likeness (QED) is 0.906. The predicted octanol–water partition coefficient (Wildman–Crippen LogP) is 2.76. The lowest BCUT2D eigenvalue weighted by atomic mass is 10.1. The summed E-state index contributed by atoms with van der Waals surface area (Å²) in [5.41, 5.74) is 8.24. The molecule has 1 saturated heterocycles. The summed E-state index contributed by atoms with van der Waals surface area (Å²) in [6, 6.07) is 7.14. The van der Waals surface area contributed by atoms with Crippen molar-refractivity contribution in [1.29, 1.82) is 0 Å². The van der Waals surface area contributed by atoms with Gasteiger partial charge in [-0.25, -0.2) is 0 Å². The van der Waals surface area contributed by atoms with E-state index in [2.05, 4.69) is 42.1 Å². The maximum Gasteiger partial charge on any atom is 0.0642 e. The first-order valence-corrected chi connectivity index (χ1v) is 7.80. The fourth-order valence-electron chi connectivity index (χ4n) is 3.05. The van der Waals surface area contributed by atoms with Gasteiger partial charge in [0.25, 0.3) is 0 Å². The van der Waals surface area contributed by atoms with E-state index in [9.17, 15) is 0 Å². The standard InChI is InChI=1S/C16H26ClN3/c1-12(18)9-13-6-7-16(15(17)10-13)20-8-4-5-14(20)11-19(2)3/h6-7,10,12,14H,4-5,8-9,11,18H2,1-3H3. The zero-order chi connectivity index (χ0) is 14.7. The molecule has 2 unspecified atom stereocenters. The molecule has 2 rings (SSSR count). The molecule has 0 amide bonds. The van der Waals surface area contributed by atoms with Gasteiger partial charge in [-0.2, -0.15) is 0 Å². The summed E-state index contributed by atoms with van der Waals surface area (Å²) >= 11 is 6.50. The van der Waals surface area contributed by atoms with Gasteiger partial charge in [-0.3, -0.25) is 0 Å². The Morgan fingerprint density at radius 1 is 1.45 bits per heavy atom. The van der Waals surface area contributed by atoms with E-state index in [1.165, 1.54) is 24.1 Å².